The Labute approximate surface area is 140 Å². The van der Waals surface area contributed by atoms with E-state index < -0.39 is 23.2 Å². The molecule has 2 aromatic rings. The van der Waals surface area contributed by atoms with Crippen molar-refractivity contribution in [2.24, 2.45) is 11.7 Å². The van der Waals surface area contributed by atoms with Crippen LogP contribution in [0.4, 0.5) is 0 Å². The minimum Gasteiger partial charge on any atom is -0.489 e. The van der Waals surface area contributed by atoms with Crippen LogP contribution in [-0.2, 0) is 26.3 Å². The highest BCUT2D eigenvalue weighted by Gasteiger charge is 2.65. The lowest BCUT2D eigenvalue weighted by Crippen LogP contribution is -2.29. The largest absolute Gasteiger partial charge is 0.489 e. The molecule has 1 aliphatic carbocycles. The van der Waals surface area contributed by atoms with Crippen LogP contribution < -0.4 is 10.5 Å². The van der Waals surface area contributed by atoms with Gasteiger partial charge in [-0.15, -0.1) is 0 Å². The first-order valence-electron chi connectivity index (χ1n) is 7.73. The molecule has 0 bridgehead atoms. The normalized spacial score (nSPS) is 21.8. The average molecular weight is 325 g/mol. The Morgan fingerprint density at radius 2 is 1.92 bits per heavy atom. The molecule has 0 spiro atoms. The molecule has 0 aromatic heterocycles. The number of hydrogen-bond donors (Lipinski definition) is 1. The number of rotatable bonds is 6. The molecule has 5 heteroatoms. The quantitative estimate of drug-likeness (QED) is 0.826. The van der Waals surface area contributed by atoms with Crippen molar-refractivity contribution in [1.82, 2.24) is 0 Å². The van der Waals surface area contributed by atoms with Gasteiger partial charge in [0.1, 0.15) is 17.8 Å². The fourth-order valence-corrected chi connectivity index (χ4v) is 3.06. The van der Waals surface area contributed by atoms with Crippen molar-refractivity contribution in [2.45, 2.75) is 18.4 Å². The van der Waals surface area contributed by atoms with Crippen LogP contribution >= 0.6 is 0 Å². The molecule has 1 aliphatic rings. The zero-order valence-corrected chi connectivity index (χ0v) is 13.4. The number of carbonyl (C=O) groups is 2. The summed E-state index contributed by atoms with van der Waals surface area (Å²) in [6.07, 6.45) is 0.372. The van der Waals surface area contributed by atoms with Crippen molar-refractivity contribution >= 4 is 11.9 Å². The molecule has 2 atom stereocenters. The zero-order valence-electron chi connectivity index (χ0n) is 13.4. The van der Waals surface area contributed by atoms with E-state index in [0.717, 1.165) is 5.56 Å². The molecule has 1 amide bonds. The summed E-state index contributed by atoms with van der Waals surface area (Å²) < 4.78 is 10.7. The maximum atomic E-state index is 12.2. The van der Waals surface area contributed by atoms with E-state index in [1.54, 1.807) is 18.2 Å². The summed E-state index contributed by atoms with van der Waals surface area (Å²) in [5.74, 6) is -0.827. The molecule has 2 N–H and O–H groups in total. The van der Waals surface area contributed by atoms with Crippen LogP contribution in [0, 0.1) is 5.92 Å². The molecule has 5 nitrogen and oxygen atoms in total. The van der Waals surface area contributed by atoms with Gasteiger partial charge in [0.25, 0.3) is 0 Å². The van der Waals surface area contributed by atoms with Gasteiger partial charge in [-0.2, -0.15) is 0 Å². The second-order valence-electron chi connectivity index (χ2n) is 5.92. The molecule has 2 aromatic carbocycles. The van der Waals surface area contributed by atoms with Crippen molar-refractivity contribution in [3.05, 3.63) is 65.7 Å². The van der Waals surface area contributed by atoms with E-state index in [0.29, 0.717) is 24.3 Å². The summed E-state index contributed by atoms with van der Waals surface area (Å²) in [6.45, 7) is 0.425. The van der Waals surface area contributed by atoms with E-state index in [1.165, 1.54) is 7.11 Å². The van der Waals surface area contributed by atoms with Gasteiger partial charge in [-0.25, -0.2) is 0 Å². The van der Waals surface area contributed by atoms with Gasteiger partial charge in [-0.3, -0.25) is 9.59 Å². The first-order valence-corrected chi connectivity index (χ1v) is 7.73. The maximum Gasteiger partial charge on any atom is 0.317 e. The van der Waals surface area contributed by atoms with E-state index in [1.807, 2.05) is 36.4 Å². The van der Waals surface area contributed by atoms with Gasteiger partial charge >= 0.3 is 5.97 Å². The third kappa shape index (κ3) is 2.85. The zero-order chi connectivity index (χ0) is 17.2. The summed E-state index contributed by atoms with van der Waals surface area (Å²) in [6, 6.07) is 17.0. The monoisotopic (exact) mass is 325 g/mol. The van der Waals surface area contributed by atoms with E-state index in [-0.39, 0.29) is 0 Å². The molecule has 1 unspecified atom stereocenters. The molecule has 1 fully saturated rings. The van der Waals surface area contributed by atoms with Crippen molar-refractivity contribution in [3.63, 3.8) is 0 Å². The minimum atomic E-state index is -0.979. The van der Waals surface area contributed by atoms with Crippen LogP contribution in [0.1, 0.15) is 17.5 Å². The summed E-state index contributed by atoms with van der Waals surface area (Å²) in [5, 5.41) is 0. The number of benzene rings is 2. The summed E-state index contributed by atoms with van der Waals surface area (Å²) >= 11 is 0. The Balaban J connectivity index is 1.82. The van der Waals surface area contributed by atoms with Crippen LogP contribution in [0.25, 0.3) is 0 Å². The number of primary amides is 1. The molecule has 0 saturated heterocycles. The van der Waals surface area contributed by atoms with Crippen molar-refractivity contribution < 1.29 is 19.1 Å². The smallest absolute Gasteiger partial charge is 0.317 e. The molecular weight excluding hydrogens is 306 g/mol. The molecular formula is C19H19NO4. The van der Waals surface area contributed by atoms with Gasteiger partial charge in [0, 0.05) is 0 Å². The van der Waals surface area contributed by atoms with Crippen LogP contribution in [-0.4, -0.2) is 19.0 Å². The molecule has 3 rings (SSSR count). The average Bonchev–Trinajstić information content (AvgIpc) is 3.38. The van der Waals surface area contributed by atoms with Crippen LogP contribution in [0.5, 0.6) is 5.75 Å². The van der Waals surface area contributed by atoms with E-state index in [9.17, 15) is 9.59 Å². The van der Waals surface area contributed by atoms with E-state index in [2.05, 4.69) is 0 Å². The van der Waals surface area contributed by atoms with Crippen molar-refractivity contribution in [1.29, 1.82) is 0 Å². The predicted molar refractivity (Wildman–Crippen MR) is 88.2 cm³/mol. The van der Waals surface area contributed by atoms with Gasteiger partial charge in [-0.1, -0.05) is 42.5 Å². The lowest BCUT2D eigenvalue weighted by Gasteiger charge is -2.16. The number of nitrogens with two attached hydrogens (primary N) is 1. The van der Waals surface area contributed by atoms with Gasteiger partial charge in [0.05, 0.1) is 13.0 Å². The highest BCUT2D eigenvalue weighted by molar-refractivity contribution is 5.97. The molecule has 1 saturated carbocycles. The fourth-order valence-electron chi connectivity index (χ4n) is 3.06. The SMILES string of the molecule is COC(=O)[C@]1(c2cccc(OCc3ccccc3)c2)CC1C(N)=O. The Morgan fingerprint density at radius 1 is 1.17 bits per heavy atom. The van der Waals surface area contributed by atoms with E-state index >= 15 is 0 Å². The van der Waals surface area contributed by atoms with Crippen LogP contribution in [0.2, 0.25) is 0 Å². The standard InChI is InChI=1S/C19H19NO4/c1-23-18(22)19(11-16(19)17(20)21)14-8-5-9-15(10-14)24-12-13-6-3-2-4-7-13/h2-10,16H,11-12H2,1H3,(H2,20,21)/t16?,19-/m0/s1. The molecule has 124 valence electrons. The number of carbonyl (C=O) groups excluding carboxylic acids is 2. The number of methoxy groups -OCH3 is 1. The number of hydrogen-bond acceptors (Lipinski definition) is 4. The topological polar surface area (TPSA) is 78.6 Å². The Morgan fingerprint density at radius 3 is 2.54 bits per heavy atom. The first-order chi connectivity index (χ1) is 11.6. The minimum absolute atomic E-state index is 0.372. The van der Waals surface area contributed by atoms with Gasteiger partial charge in [-0.05, 0) is 29.7 Å². The van der Waals surface area contributed by atoms with Gasteiger partial charge in [0.15, 0.2) is 0 Å². The number of esters is 1. The molecule has 0 radical (unpaired) electrons. The third-order valence-electron chi connectivity index (χ3n) is 4.45. The number of amides is 1. The van der Waals surface area contributed by atoms with Gasteiger partial charge < -0.3 is 15.2 Å². The highest BCUT2D eigenvalue weighted by atomic mass is 16.5. The third-order valence-corrected chi connectivity index (χ3v) is 4.45. The second kappa shape index (κ2) is 6.35. The lowest BCUT2D eigenvalue weighted by molar-refractivity contribution is -0.145. The number of ether oxygens (including phenoxy) is 2. The Hall–Kier alpha value is -2.82. The van der Waals surface area contributed by atoms with Gasteiger partial charge in [0.2, 0.25) is 5.91 Å². The van der Waals surface area contributed by atoms with Crippen LogP contribution in [0.15, 0.2) is 54.6 Å². The molecule has 0 aliphatic heterocycles. The second-order valence-corrected chi connectivity index (χ2v) is 5.92. The maximum absolute atomic E-state index is 12.2. The highest BCUT2D eigenvalue weighted by Crippen LogP contribution is 2.55. The van der Waals surface area contributed by atoms with Crippen LogP contribution in [0.3, 0.4) is 0 Å². The molecule has 24 heavy (non-hydrogen) atoms. The summed E-state index contributed by atoms with van der Waals surface area (Å²) in [5.41, 5.74) is 6.16. The Kier molecular flexibility index (Phi) is 4.25. The fraction of sp³-hybridized carbons (Fsp3) is 0.263. The Bertz CT molecular complexity index is 759. The van der Waals surface area contributed by atoms with Crippen molar-refractivity contribution in [2.75, 3.05) is 7.11 Å². The van der Waals surface area contributed by atoms with E-state index in [4.69, 9.17) is 15.2 Å². The first kappa shape index (κ1) is 16.1. The summed E-state index contributed by atoms with van der Waals surface area (Å²) in [4.78, 5) is 23.8. The molecule has 0 heterocycles. The summed E-state index contributed by atoms with van der Waals surface area (Å²) in [7, 11) is 1.32. The lowest BCUT2D eigenvalue weighted by atomic mass is 9.92. The van der Waals surface area contributed by atoms with Crippen molar-refractivity contribution in [3.8, 4) is 5.75 Å². The predicted octanol–water partition coefficient (Wildman–Crippen LogP) is 2.18.